The van der Waals surface area contributed by atoms with Crippen molar-refractivity contribution in [2.45, 2.75) is 226 Å². The molecule has 0 spiro atoms. The SMILES string of the molecule is CC/C=C\C/C=C\C/C=C\C/C=C\C/C=C\C/C=C\CCC(=O)OCC(COP(=O)(O)OCC(CO)OC(=O)CCCCCCCC/C=C\C/C=C\C/C=C\C/C=C\CC)OC(=O)CCCCC/C=C\C/C=C\C/C=C\C/C=C\C/C=C\CC. The predicted octanol–water partition coefficient (Wildman–Crippen LogP) is 19.6. The summed E-state index contributed by atoms with van der Waals surface area (Å²) in [5.41, 5.74) is 0. The molecule has 0 aliphatic heterocycles. The van der Waals surface area contributed by atoms with Gasteiger partial charge in [0.05, 0.1) is 19.8 Å². The highest BCUT2D eigenvalue weighted by atomic mass is 31.2. The van der Waals surface area contributed by atoms with Crippen LogP contribution < -0.4 is 0 Å². The van der Waals surface area contributed by atoms with Crippen molar-refractivity contribution in [3.8, 4) is 0 Å². The number of hydrogen-bond donors (Lipinski definition) is 2. The third kappa shape index (κ3) is 61.1. The molecule has 0 bridgehead atoms. The van der Waals surface area contributed by atoms with E-state index in [-0.39, 0.29) is 19.3 Å². The molecule has 84 heavy (non-hydrogen) atoms. The molecule has 12 heteroatoms. The summed E-state index contributed by atoms with van der Waals surface area (Å²) in [6, 6.07) is 0. The molecule has 0 saturated carbocycles. The Morgan fingerprint density at radius 2 is 0.607 bits per heavy atom. The molecule has 2 N–H and O–H groups in total. The summed E-state index contributed by atoms with van der Waals surface area (Å²) in [6.45, 7) is 4.15. The number of aliphatic hydroxyl groups is 1. The van der Waals surface area contributed by atoms with Crippen molar-refractivity contribution in [3.05, 3.63) is 182 Å². The Labute approximate surface area is 509 Å². The summed E-state index contributed by atoms with van der Waals surface area (Å²) in [6.07, 6.45) is 87.1. The largest absolute Gasteiger partial charge is 0.472 e. The number of aliphatic hydroxyl groups excluding tert-OH is 1. The molecule has 0 aliphatic carbocycles. The van der Waals surface area contributed by atoms with E-state index in [1.54, 1.807) is 0 Å². The maximum absolute atomic E-state index is 13.0. The number of hydrogen-bond acceptors (Lipinski definition) is 10. The topological polar surface area (TPSA) is 155 Å². The van der Waals surface area contributed by atoms with Gasteiger partial charge in [-0.05, 0) is 141 Å². The molecule has 0 amide bonds. The zero-order chi connectivity index (χ0) is 61.2. The van der Waals surface area contributed by atoms with Crippen LogP contribution in [0.3, 0.4) is 0 Å². The van der Waals surface area contributed by atoms with Gasteiger partial charge in [0.1, 0.15) is 12.7 Å². The summed E-state index contributed by atoms with van der Waals surface area (Å²) >= 11 is 0. The molecule has 0 aliphatic rings. The Bertz CT molecular complexity index is 2110. The molecule has 0 heterocycles. The first-order chi connectivity index (χ1) is 41.2. The Morgan fingerprint density at radius 3 is 0.952 bits per heavy atom. The molecule has 470 valence electrons. The van der Waals surface area contributed by atoms with Crippen molar-refractivity contribution < 1.29 is 52.2 Å². The fraction of sp³-hybridized carbons (Fsp3) is 0.542. The quantitative estimate of drug-likeness (QED) is 0.0197. The van der Waals surface area contributed by atoms with Crippen molar-refractivity contribution in [1.29, 1.82) is 0 Å². The van der Waals surface area contributed by atoms with Crippen molar-refractivity contribution in [2.75, 3.05) is 26.4 Å². The average Bonchev–Trinajstić information content (AvgIpc) is 3.55. The van der Waals surface area contributed by atoms with E-state index in [0.29, 0.717) is 19.3 Å². The van der Waals surface area contributed by atoms with Gasteiger partial charge in [-0.1, -0.05) is 235 Å². The Balaban J connectivity index is 4.90. The van der Waals surface area contributed by atoms with Crippen LogP contribution in [0.4, 0.5) is 0 Å². The molecule has 0 saturated heterocycles. The fourth-order valence-electron chi connectivity index (χ4n) is 7.63. The second kappa shape index (κ2) is 63.6. The molecule has 0 fully saturated rings. The highest BCUT2D eigenvalue weighted by Gasteiger charge is 2.28. The van der Waals surface area contributed by atoms with Gasteiger partial charge >= 0.3 is 25.7 Å². The van der Waals surface area contributed by atoms with E-state index in [0.717, 1.165) is 154 Å². The van der Waals surface area contributed by atoms with Gasteiger partial charge in [0, 0.05) is 19.3 Å². The monoisotopic (exact) mass is 1180 g/mol. The molecular weight excluding hydrogens is 1070 g/mol. The van der Waals surface area contributed by atoms with Crippen molar-refractivity contribution >= 4 is 25.7 Å². The average molecular weight is 1180 g/mol. The van der Waals surface area contributed by atoms with Gasteiger partial charge in [-0.25, -0.2) is 4.57 Å². The van der Waals surface area contributed by atoms with E-state index in [9.17, 15) is 28.9 Å². The number of phosphoric ester groups is 1. The fourth-order valence-corrected chi connectivity index (χ4v) is 8.42. The second-order valence-electron chi connectivity index (χ2n) is 20.1. The lowest BCUT2D eigenvalue weighted by atomic mass is 10.1. The number of carbonyl (C=O) groups is 3. The standard InChI is InChI=1S/C72H111O11P/c1-4-7-10-13-16-19-22-25-28-31-34-37-40-43-46-49-52-55-58-61-70(74)79-65-69(83-72(76)63-60-57-54-51-48-45-42-39-36-33-30-27-24-21-18-15-12-9-6-3)67-81-84(77,78)80-66-68(64-73)82-71(75)62-59-56-53-50-47-44-41-38-35-32-29-26-23-20-17-14-11-8-5-2/h7-12,16-21,25-30,34-39,43,45-46,48,52,55,68-69,73H,4-6,13-15,22-24,31-33,40-42,44,47,49-51,53-54,56-67H2,1-3H3,(H,77,78)/b10-7-,11-8-,12-9-,19-16-,20-17-,21-18-,28-25-,29-26-,30-27-,37-34-,38-35-,39-36-,46-43-,48-45-,55-52-. The maximum atomic E-state index is 13.0. The minimum Gasteiger partial charge on any atom is -0.462 e. The van der Waals surface area contributed by atoms with Gasteiger partial charge in [-0.3, -0.25) is 23.4 Å². The van der Waals surface area contributed by atoms with Gasteiger partial charge in [-0.15, -0.1) is 0 Å². The van der Waals surface area contributed by atoms with Gasteiger partial charge in [0.2, 0.25) is 0 Å². The molecule has 0 rings (SSSR count). The number of rotatable bonds is 56. The van der Waals surface area contributed by atoms with Crippen LogP contribution >= 0.6 is 7.82 Å². The highest BCUT2D eigenvalue weighted by Crippen LogP contribution is 2.43. The van der Waals surface area contributed by atoms with Gasteiger partial charge in [0.25, 0.3) is 0 Å². The van der Waals surface area contributed by atoms with Crippen molar-refractivity contribution in [1.82, 2.24) is 0 Å². The number of carbonyl (C=O) groups excluding carboxylic acids is 3. The summed E-state index contributed by atoms with van der Waals surface area (Å²) in [4.78, 5) is 48.7. The molecule has 11 nitrogen and oxygen atoms in total. The van der Waals surface area contributed by atoms with E-state index >= 15 is 0 Å². The normalized spacial score (nSPS) is 14.5. The molecule has 0 aromatic heterocycles. The highest BCUT2D eigenvalue weighted by molar-refractivity contribution is 7.47. The first-order valence-electron chi connectivity index (χ1n) is 31.7. The Kier molecular flexibility index (Phi) is 59.5. The molecular formula is C72H111O11P. The Morgan fingerprint density at radius 1 is 0.333 bits per heavy atom. The van der Waals surface area contributed by atoms with E-state index in [1.807, 2.05) is 12.2 Å². The maximum Gasteiger partial charge on any atom is 0.472 e. The first-order valence-corrected chi connectivity index (χ1v) is 33.2. The lowest BCUT2D eigenvalue weighted by Crippen LogP contribution is -2.30. The van der Waals surface area contributed by atoms with Gasteiger partial charge in [0.15, 0.2) is 6.10 Å². The third-order valence-electron chi connectivity index (χ3n) is 12.3. The summed E-state index contributed by atoms with van der Waals surface area (Å²) < 4.78 is 39.5. The summed E-state index contributed by atoms with van der Waals surface area (Å²) in [7, 11) is -4.80. The van der Waals surface area contributed by atoms with Crippen LogP contribution in [-0.2, 0) is 42.2 Å². The second-order valence-corrected chi connectivity index (χ2v) is 21.5. The van der Waals surface area contributed by atoms with Crippen LogP contribution in [-0.4, -0.2) is 66.5 Å². The number of unbranched alkanes of at least 4 members (excludes halogenated alkanes) is 9. The van der Waals surface area contributed by atoms with Crippen LogP contribution in [0, 0.1) is 0 Å². The van der Waals surface area contributed by atoms with E-state index < -0.39 is 64.4 Å². The van der Waals surface area contributed by atoms with Gasteiger partial charge in [-0.2, -0.15) is 0 Å². The van der Waals surface area contributed by atoms with Crippen LogP contribution in [0.15, 0.2) is 182 Å². The zero-order valence-corrected chi connectivity index (χ0v) is 52.9. The van der Waals surface area contributed by atoms with E-state index in [4.69, 9.17) is 23.3 Å². The smallest absolute Gasteiger partial charge is 0.462 e. The first kappa shape index (κ1) is 78.6. The minimum atomic E-state index is -4.80. The molecule has 3 atom stereocenters. The van der Waals surface area contributed by atoms with Crippen LogP contribution in [0.5, 0.6) is 0 Å². The van der Waals surface area contributed by atoms with Gasteiger partial charge < -0.3 is 24.2 Å². The van der Waals surface area contributed by atoms with Crippen molar-refractivity contribution in [2.24, 2.45) is 0 Å². The summed E-state index contributed by atoms with van der Waals surface area (Å²) in [5.74, 6) is -1.64. The summed E-state index contributed by atoms with van der Waals surface area (Å²) in [5, 5.41) is 9.86. The minimum absolute atomic E-state index is 0.0816. The van der Waals surface area contributed by atoms with E-state index in [2.05, 4.69) is 191 Å². The number of phosphoric acid groups is 1. The molecule has 0 radical (unpaired) electrons. The third-order valence-corrected chi connectivity index (χ3v) is 13.3. The Hall–Kier alpha value is -5.42. The molecule has 0 aromatic rings. The molecule has 3 unspecified atom stereocenters. The van der Waals surface area contributed by atoms with Crippen molar-refractivity contribution in [3.63, 3.8) is 0 Å². The zero-order valence-electron chi connectivity index (χ0n) is 52.0. The number of ether oxygens (including phenoxy) is 3. The molecule has 0 aromatic carbocycles. The van der Waals surface area contributed by atoms with Crippen LogP contribution in [0.2, 0.25) is 0 Å². The van der Waals surface area contributed by atoms with Crippen LogP contribution in [0.25, 0.3) is 0 Å². The van der Waals surface area contributed by atoms with Crippen LogP contribution in [0.1, 0.15) is 213 Å². The lowest BCUT2D eigenvalue weighted by molar-refractivity contribution is -0.161. The predicted molar refractivity (Wildman–Crippen MR) is 352 cm³/mol. The number of allylic oxidation sites excluding steroid dienone is 30. The van der Waals surface area contributed by atoms with E-state index in [1.165, 1.54) is 0 Å². The lowest BCUT2D eigenvalue weighted by Gasteiger charge is -2.21. The number of esters is 3.